The van der Waals surface area contributed by atoms with Gasteiger partial charge in [0.25, 0.3) is 0 Å². The van der Waals surface area contributed by atoms with Crippen LogP contribution in [0, 0.1) is 0 Å². The van der Waals surface area contributed by atoms with Crippen molar-refractivity contribution in [3.63, 3.8) is 0 Å². The van der Waals surface area contributed by atoms with E-state index in [4.69, 9.17) is 33.0 Å². The molecule has 2 aromatic carbocycles. The molecule has 2 N–H and O–H groups in total. The minimum Gasteiger partial charge on any atom is -0.457 e. The molecule has 0 unspecified atom stereocenters. The number of carbonyl (C=O) groups is 1. The van der Waals surface area contributed by atoms with Crippen LogP contribution in [0.2, 0.25) is 5.02 Å². The molecule has 0 saturated carbocycles. The number of carbonyl (C=O) groups excluding carboxylic acids is 1. The third kappa shape index (κ3) is 6.66. The van der Waals surface area contributed by atoms with Gasteiger partial charge in [-0.05, 0) is 72.9 Å². The second-order valence-corrected chi connectivity index (χ2v) is 8.66. The molecule has 0 radical (unpaired) electrons. The number of benzene rings is 2. The van der Waals surface area contributed by atoms with E-state index in [0.717, 1.165) is 17.7 Å². The Kier molecular flexibility index (Phi) is 7.97. The number of hydrogen-bond donors (Lipinski definition) is 2. The van der Waals surface area contributed by atoms with Crippen LogP contribution in [-0.2, 0) is 15.7 Å². The van der Waals surface area contributed by atoms with Crippen LogP contribution >= 0.6 is 23.8 Å². The average molecular weight is 536 g/mol. The van der Waals surface area contributed by atoms with Gasteiger partial charge >= 0.3 is 6.18 Å². The van der Waals surface area contributed by atoms with Crippen molar-refractivity contribution in [3.8, 4) is 11.3 Å². The first-order valence-corrected chi connectivity index (χ1v) is 11.7. The van der Waals surface area contributed by atoms with Gasteiger partial charge in [-0.2, -0.15) is 13.2 Å². The number of ether oxygens (including phenoxy) is 1. The highest BCUT2D eigenvalue weighted by Gasteiger charge is 2.31. The van der Waals surface area contributed by atoms with Crippen molar-refractivity contribution < 1.29 is 27.1 Å². The first-order chi connectivity index (χ1) is 17.2. The Labute approximate surface area is 215 Å². The molecule has 1 aliphatic heterocycles. The molecule has 2 heterocycles. The second kappa shape index (κ2) is 11.2. The number of anilines is 2. The van der Waals surface area contributed by atoms with E-state index in [1.807, 2.05) is 17.0 Å². The van der Waals surface area contributed by atoms with E-state index in [2.05, 4.69) is 10.6 Å². The summed E-state index contributed by atoms with van der Waals surface area (Å²) in [5, 5.41) is 5.64. The van der Waals surface area contributed by atoms with Gasteiger partial charge < -0.3 is 19.4 Å². The smallest absolute Gasteiger partial charge is 0.416 e. The number of alkyl halides is 3. The molecule has 1 fully saturated rings. The normalized spacial score (nSPS) is 14.2. The molecule has 1 saturated heterocycles. The Hall–Kier alpha value is -3.34. The number of thiocarbonyl (C=S) groups is 1. The summed E-state index contributed by atoms with van der Waals surface area (Å²) in [5.74, 6) is 0.461. The maximum absolute atomic E-state index is 13.3. The highest BCUT2D eigenvalue weighted by Crippen LogP contribution is 2.35. The van der Waals surface area contributed by atoms with Crippen LogP contribution in [0.3, 0.4) is 0 Å². The summed E-state index contributed by atoms with van der Waals surface area (Å²) in [6.45, 7) is 1.95. The van der Waals surface area contributed by atoms with Gasteiger partial charge in [0.05, 0.1) is 30.2 Å². The van der Waals surface area contributed by atoms with Crippen LogP contribution in [0.1, 0.15) is 11.3 Å². The fraction of sp³-hybridized carbons (Fsp3) is 0.200. The zero-order chi connectivity index (χ0) is 25.7. The molecule has 0 bridgehead atoms. The average Bonchev–Trinajstić information content (AvgIpc) is 3.32. The van der Waals surface area contributed by atoms with Crippen LogP contribution in [-0.4, -0.2) is 37.3 Å². The molecule has 36 heavy (non-hydrogen) atoms. The van der Waals surface area contributed by atoms with Crippen molar-refractivity contribution in [2.45, 2.75) is 6.18 Å². The number of amides is 1. The zero-order valence-electron chi connectivity index (χ0n) is 18.8. The predicted octanol–water partition coefficient (Wildman–Crippen LogP) is 5.98. The Morgan fingerprint density at radius 3 is 2.47 bits per heavy atom. The minimum atomic E-state index is -4.53. The Balaban J connectivity index is 1.42. The first kappa shape index (κ1) is 25.7. The molecule has 1 amide bonds. The minimum absolute atomic E-state index is 0.139. The highest BCUT2D eigenvalue weighted by atomic mass is 35.5. The number of rotatable bonds is 5. The lowest BCUT2D eigenvalue weighted by Crippen LogP contribution is -2.38. The molecule has 4 rings (SSSR count). The maximum Gasteiger partial charge on any atom is 0.416 e. The van der Waals surface area contributed by atoms with E-state index >= 15 is 0 Å². The van der Waals surface area contributed by atoms with Crippen molar-refractivity contribution >= 4 is 52.3 Å². The van der Waals surface area contributed by atoms with E-state index in [1.165, 1.54) is 18.2 Å². The Morgan fingerprint density at radius 1 is 1.06 bits per heavy atom. The molecule has 0 spiro atoms. The summed E-state index contributed by atoms with van der Waals surface area (Å²) in [6.07, 6.45) is -1.85. The van der Waals surface area contributed by atoms with Gasteiger partial charge in [0.1, 0.15) is 11.5 Å². The van der Waals surface area contributed by atoms with Crippen LogP contribution in [0.15, 0.2) is 65.1 Å². The largest absolute Gasteiger partial charge is 0.457 e. The van der Waals surface area contributed by atoms with E-state index in [-0.39, 0.29) is 10.8 Å². The summed E-state index contributed by atoms with van der Waals surface area (Å²) in [7, 11) is 0. The quantitative estimate of drug-likeness (QED) is 0.309. The first-order valence-electron chi connectivity index (χ1n) is 10.9. The molecule has 1 aliphatic rings. The molecule has 0 aliphatic carbocycles. The van der Waals surface area contributed by atoms with Gasteiger partial charge in [0, 0.05) is 29.8 Å². The van der Waals surface area contributed by atoms with Crippen molar-refractivity contribution in [1.29, 1.82) is 0 Å². The summed E-state index contributed by atoms with van der Waals surface area (Å²) < 4.78 is 50.9. The zero-order valence-corrected chi connectivity index (χ0v) is 20.3. The molecule has 11 heteroatoms. The summed E-state index contributed by atoms with van der Waals surface area (Å²) in [6, 6.07) is 13.9. The van der Waals surface area contributed by atoms with Gasteiger partial charge in [-0.1, -0.05) is 11.6 Å². The van der Waals surface area contributed by atoms with Gasteiger partial charge in [-0.3, -0.25) is 10.1 Å². The lowest BCUT2D eigenvalue weighted by molar-refractivity contribution is -0.137. The molecular weight excluding hydrogens is 515 g/mol. The van der Waals surface area contributed by atoms with Crippen LogP contribution < -0.4 is 15.5 Å². The Bertz CT molecular complexity index is 1270. The van der Waals surface area contributed by atoms with Crippen molar-refractivity contribution in [3.05, 3.63) is 77.0 Å². The number of halogens is 4. The van der Waals surface area contributed by atoms with Crippen molar-refractivity contribution in [2.24, 2.45) is 0 Å². The third-order valence-electron chi connectivity index (χ3n) is 5.32. The van der Waals surface area contributed by atoms with E-state index in [1.54, 1.807) is 24.3 Å². The lowest BCUT2D eigenvalue weighted by atomic mass is 10.1. The van der Waals surface area contributed by atoms with Crippen LogP contribution in [0.5, 0.6) is 0 Å². The molecule has 188 valence electrons. The fourth-order valence-electron chi connectivity index (χ4n) is 3.57. The predicted molar refractivity (Wildman–Crippen MR) is 137 cm³/mol. The third-order valence-corrected chi connectivity index (χ3v) is 5.77. The lowest BCUT2D eigenvalue weighted by Gasteiger charge is -2.31. The highest BCUT2D eigenvalue weighted by molar-refractivity contribution is 7.80. The van der Waals surface area contributed by atoms with Gasteiger partial charge in [-0.15, -0.1) is 0 Å². The van der Waals surface area contributed by atoms with Crippen LogP contribution in [0.25, 0.3) is 17.4 Å². The molecular formula is C25H21ClF3N3O3S. The monoisotopic (exact) mass is 535 g/mol. The number of furan rings is 1. The SMILES string of the molecule is O=C(C=Cc1ccc(-c2ccc(Cl)cc2)o1)NC(=S)Nc1cc(C(F)(F)F)ccc1N1CCOCC1. The van der Waals surface area contributed by atoms with Gasteiger partial charge in [-0.25, -0.2) is 0 Å². The summed E-state index contributed by atoms with van der Waals surface area (Å²) in [5.41, 5.74) is 0.666. The fourth-order valence-corrected chi connectivity index (χ4v) is 3.91. The number of hydrogen-bond acceptors (Lipinski definition) is 5. The van der Waals surface area contributed by atoms with Crippen molar-refractivity contribution in [1.82, 2.24) is 5.32 Å². The standard InChI is InChI=1S/C25H21ClF3N3O3S/c26-18-4-1-16(2-5-18)22-9-6-19(35-22)7-10-23(33)31-24(36)30-20-15-17(25(27,28)29)3-8-21(20)32-11-13-34-14-12-32/h1-10,15H,11-14H2,(H2,30,31,33,36). The molecule has 6 nitrogen and oxygen atoms in total. The summed E-state index contributed by atoms with van der Waals surface area (Å²) >= 11 is 11.1. The van der Waals surface area contributed by atoms with Gasteiger partial charge in [0.15, 0.2) is 5.11 Å². The Morgan fingerprint density at radius 2 is 1.78 bits per heavy atom. The summed E-state index contributed by atoms with van der Waals surface area (Å²) in [4.78, 5) is 14.2. The van der Waals surface area contributed by atoms with Crippen molar-refractivity contribution in [2.75, 3.05) is 36.5 Å². The number of nitrogens with zero attached hydrogens (tertiary/aromatic N) is 1. The van der Waals surface area contributed by atoms with Gasteiger partial charge in [0.2, 0.25) is 5.91 Å². The van der Waals surface area contributed by atoms with E-state index < -0.39 is 17.6 Å². The van der Waals surface area contributed by atoms with Crippen LogP contribution in [0.4, 0.5) is 24.5 Å². The molecule has 3 aromatic rings. The molecule has 0 atom stereocenters. The number of morpholine rings is 1. The van der Waals surface area contributed by atoms with E-state index in [9.17, 15) is 18.0 Å². The molecule has 1 aromatic heterocycles. The van der Waals surface area contributed by atoms with E-state index in [0.29, 0.717) is 48.5 Å². The second-order valence-electron chi connectivity index (χ2n) is 7.81. The topological polar surface area (TPSA) is 66.7 Å². The number of nitrogens with one attached hydrogen (secondary N) is 2. The maximum atomic E-state index is 13.3.